The van der Waals surface area contributed by atoms with E-state index in [9.17, 15) is 9.90 Å². The minimum atomic E-state index is -0.714. The van der Waals surface area contributed by atoms with E-state index in [4.69, 9.17) is 16.3 Å². The number of likely N-dealkylation sites (N-methyl/N-ethyl adjacent to an activating group) is 1. The lowest BCUT2D eigenvalue weighted by molar-refractivity contribution is 0.0714. The minimum Gasteiger partial charge on any atom is -0.492 e. The van der Waals surface area contributed by atoms with Gasteiger partial charge in [-0.15, -0.1) is 0 Å². The third kappa shape index (κ3) is 6.70. The summed E-state index contributed by atoms with van der Waals surface area (Å²) in [5.74, 6) is 0.636. The predicted octanol–water partition coefficient (Wildman–Crippen LogP) is 4.19. The number of amides is 1. The summed E-state index contributed by atoms with van der Waals surface area (Å²) >= 11 is 5.93. The first kappa shape index (κ1) is 20.3. The molecule has 140 valence electrons. The van der Waals surface area contributed by atoms with Crippen molar-refractivity contribution in [3.05, 3.63) is 64.7 Å². The first-order chi connectivity index (χ1) is 12.2. The summed E-state index contributed by atoms with van der Waals surface area (Å²) in [5, 5.41) is 10.5. The standard InChI is InChI=1S/C21H26ClNO3/c1-21(2,25)11-10-16-6-4-7-17(14-16)20(24)23(3)12-13-26-19-9-5-8-18(22)15-19/h4-9,14-15,25H,10-13H2,1-3H3. The molecule has 0 aromatic heterocycles. The van der Waals surface area contributed by atoms with Gasteiger partial charge >= 0.3 is 0 Å². The Kier molecular flexibility index (Phi) is 7.06. The van der Waals surface area contributed by atoms with E-state index in [1.807, 2.05) is 36.4 Å². The van der Waals surface area contributed by atoms with Crippen molar-refractivity contribution < 1.29 is 14.6 Å². The molecule has 2 rings (SSSR count). The summed E-state index contributed by atoms with van der Waals surface area (Å²) in [6, 6.07) is 14.7. The van der Waals surface area contributed by atoms with Crippen molar-refractivity contribution in [3.8, 4) is 5.75 Å². The van der Waals surface area contributed by atoms with Crippen molar-refractivity contribution in [2.45, 2.75) is 32.3 Å². The zero-order chi connectivity index (χ0) is 19.2. The molecule has 0 fully saturated rings. The number of hydrogen-bond acceptors (Lipinski definition) is 3. The Balaban J connectivity index is 1.89. The molecule has 0 saturated heterocycles. The third-order valence-corrected chi connectivity index (χ3v) is 4.27. The van der Waals surface area contributed by atoms with Crippen molar-refractivity contribution in [3.63, 3.8) is 0 Å². The van der Waals surface area contributed by atoms with Crippen molar-refractivity contribution >= 4 is 17.5 Å². The number of ether oxygens (including phenoxy) is 1. The SMILES string of the molecule is CN(CCOc1cccc(Cl)c1)C(=O)c1cccc(CCC(C)(C)O)c1. The number of nitrogens with zero attached hydrogens (tertiary/aromatic N) is 1. The first-order valence-electron chi connectivity index (χ1n) is 8.70. The molecular weight excluding hydrogens is 350 g/mol. The topological polar surface area (TPSA) is 49.8 Å². The van der Waals surface area contributed by atoms with Crippen LogP contribution in [-0.4, -0.2) is 41.7 Å². The molecule has 0 aliphatic heterocycles. The van der Waals surface area contributed by atoms with E-state index >= 15 is 0 Å². The summed E-state index contributed by atoms with van der Waals surface area (Å²) in [7, 11) is 1.76. The second-order valence-corrected chi connectivity index (χ2v) is 7.48. The van der Waals surface area contributed by atoms with Gasteiger partial charge in [0.15, 0.2) is 0 Å². The predicted molar refractivity (Wildman–Crippen MR) is 105 cm³/mol. The lowest BCUT2D eigenvalue weighted by Crippen LogP contribution is -2.31. The monoisotopic (exact) mass is 375 g/mol. The smallest absolute Gasteiger partial charge is 0.253 e. The maximum absolute atomic E-state index is 12.6. The van der Waals surface area contributed by atoms with Crippen molar-refractivity contribution in [1.29, 1.82) is 0 Å². The Morgan fingerprint density at radius 2 is 1.92 bits per heavy atom. The fourth-order valence-electron chi connectivity index (χ4n) is 2.49. The molecule has 1 amide bonds. The molecule has 0 unspecified atom stereocenters. The van der Waals surface area contributed by atoms with Crippen molar-refractivity contribution in [2.75, 3.05) is 20.2 Å². The zero-order valence-corrected chi connectivity index (χ0v) is 16.3. The molecule has 0 aliphatic rings. The summed E-state index contributed by atoms with van der Waals surface area (Å²) in [6.07, 6.45) is 1.38. The van der Waals surface area contributed by atoms with Crippen LogP contribution in [0.1, 0.15) is 36.2 Å². The van der Waals surface area contributed by atoms with Crippen LogP contribution in [0.4, 0.5) is 0 Å². The van der Waals surface area contributed by atoms with Gasteiger partial charge in [0, 0.05) is 17.6 Å². The molecule has 0 radical (unpaired) electrons. The Morgan fingerprint density at radius 3 is 2.62 bits per heavy atom. The molecular formula is C21H26ClNO3. The van der Waals surface area contributed by atoms with Gasteiger partial charge in [0.1, 0.15) is 12.4 Å². The number of carbonyl (C=O) groups is 1. The Morgan fingerprint density at radius 1 is 1.19 bits per heavy atom. The van der Waals surface area contributed by atoms with Crippen LogP contribution in [0, 0.1) is 0 Å². The molecule has 0 saturated carbocycles. The highest BCUT2D eigenvalue weighted by atomic mass is 35.5. The highest BCUT2D eigenvalue weighted by Crippen LogP contribution is 2.17. The van der Waals surface area contributed by atoms with Crippen molar-refractivity contribution in [1.82, 2.24) is 4.90 Å². The fourth-order valence-corrected chi connectivity index (χ4v) is 2.67. The van der Waals surface area contributed by atoms with Crippen LogP contribution in [0.2, 0.25) is 5.02 Å². The van der Waals surface area contributed by atoms with E-state index in [2.05, 4.69) is 0 Å². The molecule has 0 bridgehead atoms. The molecule has 0 aliphatic carbocycles. The average molecular weight is 376 g/mol. The number of hydrogen-bond donors (Lipinski definition) is 1. The molecule has 26 heavy (non-hydrogen) atoms. The van der Waals surface area contributed by atoms with E-state index in [0.717, 1.165) is 12.0 Å². The van der Waals surface area contributed by atoms with Crippen LogP contribution in [0.25, 0.3) is 0 Å². The normalized spacial score (nSPS) is 11.3. The summed E-state index contributed by atoms with van der Waals surface area (Å²) in [6.45, 7) is 4.44. The highest BCUT2D eigenvalue weighted by molar-refractivity contribution is 6.30. The first-order valence-corrected chi connectivity index (χ1v) is 9.07. The van der Waals surface area contributed by atoms with Gasteiger partial charge in [0.25, 0.3) is 5.91 Å². The van der Waals surface area contributed by atoms with Crippen LogP contribution in [0.5, 0.6) is 5.75 Å². The molecule has 1 N–H and O–H groups in total. The third-order valence-electron chi connectivity index (χ3n) is 4.04. The molecule has 2 aromatic rings. The molecule has 0 atom stereocenters. The van der Waals surface area contributed by atoms with Gasteiger partial charge in [0.2, 0.25) is 0 Å². The van der Waals surface area contributed by atoms with E-state index in [0.29, 0.717) is 35.9 Å². The average Bonchev–Trinajstić information content (AvgIpc) is 2.59. The van der Waals surface area contributed by atoms with E-state index in [1.54, 1.807) is 37.9 Å². The summed E-state index contributed by atoms with van der Waals surface area (Å²) in [4.78, 5) is 14.2. The maximum atomic E-state index is 12.6. The number of halogens is 1. The summed E-state index contributed by atoms with van der Waals surface area (Å²) in [5.41, 5.74) is 0.971. The minimum absolute atomic E-state index is 0.0511. The second kappa shape index (κ2) is 9.06. The van der Waals surface area contributed by atoms with Crippen LogP contribution in [-0.2, 0) is 6.42 Å². The van der Waals surface area contributed by atoms with Crippen LogP contribution >= 0.6 is 11.6 Å². The number of rotatable bonds is 8. The maximum Gasteiger partial charge on any atom is 0.253 e. The molecule has 2 aromatic carbocycles. The van der Waals surface area contributed by atoms with Gasteiger partial charge in [-0.25, -0.2) is 0 Å². The highest BCUT2D eigenvalue weighted by Gasteiger charge is 2.15. The Labute approximate surface area is 160 Å². The van der Waals surface area contributed by atoms with Gasteiger partial charge in [-0.1, -0.05) is 29.8 Å². The quantitative estimate of drug-likeness (QED) is 0.752. The molecule has 4 nitrogen and oxygen atoms in total. The second-order valence-electron chi connectivity index (χ2n) is 7.05. The van der Waals surface area contributed by atoms with Gasteiger partial charge < -0.3 is 14.7 Å². The molecule has 0 heterocycles. The van der Waals surface area contributed by atoms with Gasteiger partial charge in [-0.2, -0.15) is 0 Å². The van der Waals surface area contributed by atoms with E-state index in [1.165, 1.54) is 0 Å². The number of aliphatic hydroxyl groups is 1. The zero-order valence-electron chi connectivity index (χ0n) is 15.5. The summed E-state index contributed by atoms with van der Waals surface area (Å²) < 4.78 is 5.64. The lowest BCUT2D eigenvalue weighted by Gasteiger charge is -2.19. The molecule has 0 spiro atoms. The van der Waals surface area contributed by atoms with Gasteiger partial charge in [-0.05, 0) is 62.6 Å². The molecule has 5 heteroatoms. The van der Waals surface area contributed by atoms with Crippen LogP contribution < -0.4 is 4.74 Å². The fraction of sp³-hybridized carbons (Fsp3) is 0.381. The van der Waals surface area contributed by atoms with E-state index in [-0.39, 0.29) is 5.91 Å². The Hall–Kier alpha value is -2.04. The van der Waals surface area contributed by atoms with Crippen LogP contribution in [0.15, 0.2) is 48.5 Å². The largest absolute Gasteiger partial charge is 0.492 e. The van der Waals surface area contributed by atoms with Crippen LogP contribution in [0.3, 0.4) is 0 Å². The number of carbonyl (C=O) groups excluding carboxylic acids is 1. The van der Waals surface area contributed by atoms with Gasteiger partial charge in [-0.3, -0.25) is 4.79 Å². The number of benzene rings is 2. The Bertz CT molecular complexity index is 740. The van der Waals surface area contributed by atoms with Gasteiger partial charge in [0.05, 0.1) is 12.1 Å². The van der Waals surface area contributed by atoms with Crippen molar-refractivity contribution in [2.24, 2.45) is 0 Å². The van der Waals surface area contributed by atoms with E-state index < -0.39 is 5.60 Å². The lowest BCUT2D eigenvalue weighted by atomic mass is 9.98. The number of aryl methyl sites for hydroxylation is 1.